The van der Waals surface area contributed by atoms with Gasteiger partial charge in [0.15, 0.2) is 0 Å². The van der Waals surface area contributed by atoms with Crippen molar-refractivity contribution >= 4 is 17.7 Å². The molecule has 0 aliphatic heterocycles. The van der Waals surface area contributed by atoms with E-state index in [1.54, 1.807) is 18.0 Å². The summed E-state index contributed by atoms with van der Waals surface area (Å²) in [4.78, 5) is 19.8. The molecule has 1 N–H and O–H groups in total. The van der Waals surface area contributed by atoms with Crippen LogP contribution in [0.5, 0.6) is 0 Å². The van der Waals surface area contributed by atoms with Crippen molar-refractivity contribution in [2.24, 2.45) is 0 Å². The standard InChI is InChI=1S/C23H25N3OS/c1-26(17-19-6-3-2-4-7-19)15-14-25-23(27)21-9-11-22(12-10-21)28-18-20-8-5-13-24-16-20/h2-13,16H,14-15,17-18H2,1H3,(H,25,27). The lowest BCUT2D eigenvalue weighted by Gasteiger charge is -2.17. The first-order valence-corrected chi connectivity index (χ1v) is 10.3. The molecule has 0 bridgehead atoms. The second-order valence-corrected chi connectivity index (χ2v) is 7.70. The van der Waals surface area contributed by atoms with Crippen LogP contribution in [0.25, 0.3) is 0 Å². The van der Waals surface area contributed by atoms with Crippen LogP contribution < -0.4 is 5.32 Å². The van der Waals surface area contributed by atoms with Crippen LogP contribution in [0.15, 0.2) is 84.0 Å². The van der Waals surface area contributed by atoms with Crippen molar-refractivity contribution in [1.29, 1.82) is 0 Å². The number of carbonyl (C=O) groups excluding carboxylic acids is 1. The molecule has 3 rings (SSSR count). The van der Waals surface area contributed by atoms with Gasteiger partial charge in [-0.15, -0.1) is 11.8 Å². The van der Waals surface area contributed by atoms with E-state index in [2.05, 4.69) is 40.4 Å². The molecule has 0 saturated heterocycles. The Hall–Kier alpha value is -2.63. The van der Waals surface area contributed by atoms with E-state index in [1.807, 2.05) is 54.7 Å². The third-order valence-electron chi connectivity index (χ3n) is 4.32. The van der Waals surface area contributed by atoms with Gasteiger partial charge in [-0.25, -0.2) is 0 Å². The molecule has 0 atom stereocenters. The van der Waals surface area contributed by atoms with Crippen molar-refractivity contribution in [2.45, 2.75) is 17.2 Å². The van der Waals surface area contributed by atoms with Gasteiger partial charge in [0.1, 0.15) is 0 Å². The topological polar surface area (TPSA) is 45.2 Å². The van der Waals surface area contributed by atoms with Gasteiger partial charge in [0, 0.05) is 48.2 Å². The third-order valence-corrected chi connectivity index (χ3v) is 5.40. The average Bonchev–Trinajstić information content (AvgIpc) is 2.74. The Morgan fingerprint density at radius 2 is 1.75 bits per heavy atom. The maximum Gasteiger partial charge on any atom is 0.251 e. The summed E-state index contributed by atoms with van der Waals surface area (Å²) in [5, 5.41) is 3.00. The lowest BCUT2D eigenvalue weighted by molar-refractivity contribution is 0.0949. The van der Waals surface area contributed by atoms with Crippen LogP contribution in [-0.4, -0.2) is 35.9 Å². The van der Waals surface area contributed by atoms with Gasteiger partial charge in [0.25, 0.3) is 5.91 Å². The van der Waals surface area contributed by atoms with Gasteiger partial charge in [-0.3, -0.25) is 9.78 Å². The van der Waals surface area contributed by atoms with E-state index in [1.165, 1.54) is 11.1 Å². The normalized spacial score (nSPS) is 10.8. The monoisotopic (exact) mass is 391 g/mol. The Bertz CT molecular complexity index is 854. The molecular weight excluding hydrogens is 366 g/mol. The van der Waals surface area contributed by atoms with E-state index in [-0.39, 0.29) is 5.91 Å². The van der Waals surface area contributed by atoms with Gasteiger partial charge >= 0.3 is 0 Å². The quantitative estimate of drug-likeness (QED) is 0.554. The van der Waals surface area contributed by atoms with Gasteiger partial charge in [-0.1, -0.05) is 36.4 Å². The van der Waals surface area contributed by atoms with Gasteiger partial charge in [0.2, 0.25) is 0 Å². The van der Waals surface area contributed by atoms with E-state index < -0.39 is 0 Å². The Morgan fingerprint density at radius 3 is 2.46 bits per heavy atom. The van der Waals surface area contributed by atoms with Crippen LogP contribution >= 0.6 is 11.8 Å². The van der Waals surface area contributed by atoms with E-state index in [4.69, 9.17) is 0 Å². The number of nitrogens with zero attached hydrogens (tertiary/aromatic N) is 2. The smallest absolute Gasteiger partial charge is 0.251 e. The summed E-state index contributed by atoms with van der Waals surface area (Å²) in [5.74, 6) is 0.838. The highest BCUT2D eigenvalue weighted by molar-refractivity contribution is 7.98. The van der Waals surface area contributed by atoms with E-state index in [0.717, 1.165) is 23.7 Å². The lowest BCUT2D eigenvalue weighted by Crippen LogP contribution is -2.32. The molecule has 0 unspecified atom stereocenters. The van der Waals surface area contributed by atoms with Gasteiger partial charge in [0.05, 0.1) is 0 Å². The zero-order valence-electron chi connectivity index (χ0n) is 16.0. The summed E-state index contributed by atoms with van der Waals surface area (Å²) in [6, 6.07) is 22.1. The van der Waals surface area contributed by atoms with Gasteiger partial charge < -0.3 is 10.2 Å². The van der Waals surface area contributed by atoms with E-state index >= 15 is 0 Å². The van der Waals surface area contributed by atoms with Crippen LogP contribution in [0.4, 0.5) is 0 Å². The highest BCUT2D eigenvalue weighted by atomic mass is 32.2. The molecule has 2 aromatic carbocycles. The van der Waals surface area contributed by atoms with E-state index in [0.29, 0.717) is 12.1 Å². The van der Waals surface area contributed by atoms with Crippen molar-refractivity contribution in [3.63, 3.8) is 0 Å². The molecule has 0 fully saturated rings. The molecule has 1 heterocycles. The number of carbonyl (C=O) groups is 1. The molecule has 1 aromatic heterocycles. The van der Waals surface area contributed by atoms with Crippen molar-refractivity contribution in [3.8, 4) is 0 Å². The molecule has 1 amide bonds. The third kappa shape index (κ3) is 6.51. The molecule has 0 aliphatic rings. The van der Waals surface area contributed by atoms with Crippen LogP contribution in [0.3, 0.4) is 0 Å². The van der Waals surface area contributed by atoms with Crippen LogP contribution in [-0.2, 0) is 12.3 Å². The zero-order chi connectivity index (χ0) is 19.6. The van der Waals surface area contributed by atoms with Crippen LogP contribution in [0, 0.1) is 0 Å². The first kappa shape index (κ1) is 20.1. The molecule has 4 nitrogen and oxygen atoms in total. The SMILES string of the molecule is CN(CCNC(=O)c1ccc(SCc2cccnc2)cc1)Cc1ccccc1. The summed E-state index contributed by atoms with van der Waals surface area (Å²) in [7, 11) is 2.06. The number of aromatic nitrogens is 1. The number of nitrogens with one attached hydrogen (secondary N) is 1. The Labute approximate surface area is 171 Å². The summed E-state index contributed by atoms with van der Waals surface area (Å²) < 4.78 is 0. The molecule has 3 aromatic rings. The fourth-order valence-corrected chi connectivity index (χ4v) is 3.62. The predicted molar refractivity (Wildman–Crippen MR) is 115 cm³/mol. The number of rotatable bonds is 9. The molecule has 0 spiro atoms. The fourth-order valence-electron chi connectivity index (χ4n) is 2.79. The van der Waals surface area contributed by atoms with Crippen molar-refractivity contribution in [2.75, 3.05) is 20.1 Å². The number of likely N-dealkylation sites (N-methyl/N-ethyl adjacent to an activating group) is 1. The molecule has 144 valence electrons. The summed E-state index contributed by atoms with van der Waals surface area (Å²) in [5.41, 5.74) is 3.15. The van der Waals surface area contributed by atoms with Gasteiger partial charge in [-0.05, 0) is 48.5 Å². The predicted octanol–water partition coefficient (Wildman–Crippen LogP) is 4.24. The lowest BCUT2D eigenvalue weighted by atomic mass is 10.2. The minimum atomic E-state index is -0.0306. The maximum absolute atomic E-state index is 12.3. The minimum Gasteiger partial charge on any atom is -0.351 e. The van der Waals surface area contributed by atoms with Crippen LogP contribution in [0.2, 0.25) is 0 Å². The number of thioether (sulfide) groups is 1. The number of hydrogen-bond donors (Lipinski definition) is 1. The second kappa shape index (κ2) is 10.6. The molecule has 5 heteroatoms. The van der Waals surface area contributed by atoms with Crippen molar-refractivity contribution in [1.82, 2.24) is 15.2 Å². The maximum atomic E-state index is 12.3. The number of benzene rings is 2. The summed E-state index contributed by atoms with van der Waals surface area (Å²) in [6.45, 7) is 2.30. The van der Waals surface area contributed by atoms with Crippen molar-refractivity contribution < 1.29 is 4.79 Å². The fraction of sp³-hybridized carbons (Fsp3) is 0.217. The Kier molecular flexibility index (Phi) is 7.64. The largest absolute Gasteiger partial charge is 0.351 e. The molecule has 0 saturated carbocycles. The van der Waals surface area contributed by atoms with Crippen LogP contribution in [0.1, 0.15) is 21.5 Å². The molecule has 0 aliphatic carbocycles. The molecule has 28 heavy (non-hydrogen) atoms. The Morgan fingerprint density at radius 1 is 1.00 bits per heavy atom. The first-order valence-electron chi connectivity index (χ1n) is 9.33. The number of pyridine rings is 1. The average molecular weight is 392 g/mol. The highest BCUT2D eigenvalue weighted by Crippen LogP contribution is 2.22. The molecular formula is C23H25N3OS. The Balaban J connectivity index is 1.40. The first-order chi connectivity index (χ1) is 13.7. The molecule has 0 radical (unpaired) electrons. The summed E-state index contributed by atoms with van der Waals surface area (Å²) in [6.07, 6.45) is 3.66. The second-order valence-electron chi connectivity index (χ2n) is 6.65. The minimum absolute atomic E-state index is 0.0306. The van der Waals surface area contributed by atoms with Gasteiger partial charge in [-0.2, -0.15) is 0 Å². The number of amides is 1. The summed E-state index contributed by atoms with van der Waals surface area (Å²) >= 11 is 1.74. The van der Waals surface area contributed by atoms with Crippen molar-refractivity contribution in [3.05, 3.63) is 95.8 Å². The number of hydrogen-bond acceptors (Lipinski definition) is 4. The van der Waals surface area contributed by atoms with E-state index in [9.17, 15) is 4.79 Å². The zero-order valence-corrected chi connectivity index (χ0v) is 16.9. The highest BCUT2D eigenvalue weighted by Gasteiger charge is 2.06.